The molecule has 0 aromatic rings. The molecule has 3 heteroatoms. The predicted molar refractivity (Wildman–Crippen MR) is 44.6 cm³/mol. The second-order valence-electron chi connectivity index (χ2n) is 2.96. The smallest absolute Gasteiger partial charge is 0.149 e. The minimum absolute atomic E-state index is 0.0394. The molecule has 2 atom stereocenters. The van der Waals surface area contributed by atoms with Crippen LogP contribution in [0, 0.1) is 0 Å². The van der Waals surface area contributed by atoms with Crippen LogP contribution in [0.25, 0.3) is 0 Å². The number of carbonyl (C=O) groups excluding carboxylic acids is 1. The van der Waals surface area contributed by atoms with Gasteiger partial charge < -0.3 is 4.74 Å². The summed E-state index contributed by atoms with van der Waals surface area (Å²) in [6, 6.07) is -0.125. The van der Waals surface area contributed by atoms with Gasteiger partial charge in [-0.25, -0.2) is 0 Å². The highest BCUT2D eigenvalue weighted by Gasteiger charge is 2.23. The van der Waals surface area contributed by atoms with Gasteiger partial charge in [-0.1, -0.05) is 0 Å². The van der Waals surface area contributed by atoms with Crippen LogP contribution in [-0.4, -0.2) is 44.0 Å². The molecule has 11 heavy (non-hydrogen) atoms. The van der Waals surface area contributed by atoms with Crippen molar-refractivity contribution in [1.82, 2.24) is 4.90 Å². The molecule has 0 aromatic carbocycles. The summed E-state index contributed by atoms with van der Waals surface area (Å²) in [5.41, 5.74) is 0. The van der Waals surface area contributed by atoms with Crippen LogP contribution in [0.3, 0.4) is 0 Å². The average Bonchev–Trinajstić information content (AvgIpc) is 1.85. The van der Waals surface area contributed by atoms with Gasteiger partial charge in [-0.15, -0.1) is 0 Å². The molecule has 0 aromatic heterocycles. The topological polar surface area (TPSA) is 29.5 Å². The average molecular weight is 159 g/mol. The lowest BCUT2D eigenvalue weighted by Crippen LogP contribution is -2.43. The van der Waals surface area contributed by atoms with Crippen molar-refractivity contribution in [2.45, 2.75) is 26.0 Å². The van der Waals surface area contributed by atoms with Gasteiger partial charge in [0.15, 0.2) is 0 Å². The molecule has 3 nitrogen and oxygen atoms in total. The Morgan fingerprint density at radius 1 is 1.45 bits per heavy atom. The molecule has 0 spiro atoms. The SMILES string of the molecule is CO[C@H](C)[C@@H](C(C)=O)N(C)C. The van der Waals surface area contributed by atoms with Gasteiger partial charge in [0.25, 0.3) is 0 Å². The zero-order chi connectivity index (χ0) is 9.02. The van der Waals surface area contributed by atoms with Crippen molar-refractivity contribution in [2.75, 3.05) is 21.2 Å². The highest BCUT2D eigenvalue weighted by Crippen LogP contribution is 2.04. The molecule has 0 bridgehead atoms. The van der Waals surface area contributed by atoms with Gasteiger partial charge in [0.05, 0.1) is 12.1 Å². The number of hydrogen-bond donors (Lipinski definition) is 0. The molecule has 66 valence electrons. The Kier molecular flexibility index (Phi) is 4.30. The summed E-state index contributed by atoms with van der Waals surface area (Å²) in [6.45, 7) is 3.48. The van der Waals surface area contributed by atoms with E-state index in [0.29, 0.717) is 0 Å². The summed E-state index contributed by atoms with van der Waals surface area (Å²) in [5, 5.41) is 0. The first-order valence-electron chi connectivity index (χ1n) is 3.70. The summed E-state index contributed by atoms with van der Waals surface area (Å²) in [7, 11) is 5.37. The lowest BCUT2D eigenvalue weighted by atomic mass is 10.1. The zero-order valence-electron chi connectivity index (χ0n) is 7.92. The van der Waals surface area contributed by atoms with E-state index in [1.807, 2.05) is 25.9 Å². The highest BCUT2D eigenvalue weighted by molar-refractivity contribution is 5.82. The summed E-state index contributed by atoms with van der Waals surface area (Å²) >= 11 is 0. The molecule has 0 amide bonds. The first kappa shape index (κ1) is 10.6. The lowest BCUT2D eigenvalue weighted by Gasteiger charge is -2.26. The minimum atomic E-state index is -0.125. The Morgan fingerprint density at radius 3 is 2.00 bits per heavy atom. The maximum absolute atomic E-state index is 11.1. The van der Waals surface area contributed by atoms with Gasteiger partial charge in [-0.2, -0.15) is 0 Å². The molecule has 0 radical (unpaired) electrons. The number of rotatable bonds is 4. The molecule has 0 saturated carbocycles. The third-order valence-corrected chi connectivity index (χ3v) is 1.79. The van der Waals surface area contributed by atoms with E-state index >= 15 is 0 Å². The molecule has 0 unspecified atom stereocenters. The van der Waals surface area contributed by atoms with Gasteiger partial charge in [0, 0.05) is 7.11 Å². The number of ketones is 1. The van der Waals surface area contributed by atoms with Gasteiger partial charge in [-0.3, -0.25) is 9.69 Å². The van der Waals surface area contributed by atoms with Gasteiger partial charge >= 0.3 is 0 Å². The van der Waals surface area contributed by atoms with E-state index in [1.165, 1.54) is 0 Å². The van der Waals surface area contributed by atoms with Crippen LogP contribution in [0.5, 0.6) is 0 Å². The summed E-state index contributed by atoms with van der Waals surface area (Å²) in [6.07, 6.45) is -0.0394. The second-order valence-corrected chi connectivity index (χ2v) is 2.96. The number of nitrogens with zero attached hydrogens (tertiary/aromatic N) is 1. The third kappa shape index (κ3) is 2.99. The van der Waals surface area contributed by atoms with Crippen molar-refractivity contribution in [3.8, 4) is 0 Å². The highest BCUT2D eigenvalue weighted by atomic mass is 16.5. The van der Waals surface area contributed by atoms with Crippen molar-refractivity contribution < 1.29 is 9.53 Å². The Balaban J connectivity index is 4.21. The number of carbonyl (C=O) groups is 1. The van der Waals surface area contributed by atoms with Crippen molar-refractivity contribution >= 4 is 5.78 Å². The standard InChI is InChI=1S/C8H17NO2/c1-6(10)8(9(3)4)7(2)11-5/h7-8H,1-5H3/t7-,8-/m1/s1. The van der Waals surface area contributed by atoms with E-state index < -0.39 is 0 Å². The van der Waals surface area contributed by atoms with Crippen molar-refractivity contribution in [3.05, 3.63) is 0 Å². The van der Waals surface area contributed by atoms with Crippen LogP contribution in [0.15, 0.2) is 0 Å². The quantitative estimate of drug-likeness (QED) is 0.599. The molecule has 0 aliphatic rings. The van der Waals surface area contributed by atoms with Crippen LogP contribution in [0.1, 0.15) is 13.8 Å². The van der Waals surface area contributed by atoms with Gasteiger partial charge in [0.2, 0.25) is 0 Å². The zero-order valence-corrected chi connectivity index (χ0v) is 7.92. The van der Waals surface area contributed by atoms with Crippen LogP contribution in [0.2, 0.25) is 0 Å². The fraction of sp³-hybridized carbons (Fsp3) is 0.875. The third-order valence-electron chi connectivity index (χ3n) is 1.79. The van der Waals surface area contributed by atoms with Crippen molar-refractivity contribution in [1.29, 1.82) is 0 Å². The maximum atomic E-state index is 11.1. The summed E-state index contributed by atoms with van der Waals surface area (Å²) in [5.74, 6) is 0.143. The Hall–Kier alpha value is -0.410. The summed E-state index contributed by atoms with van der Waals surface area (Å²) in [4.78, 5) is 12.9. The monoisotopic (exact) mass is 159 g/mol. The van der Waals surface area contributed by atoms with Crippen LogP contribution in [-0.2, 0) is 9.53 Å². The number of Topliss-reactive ketones (excluding diaryl/α,β-unsaturated/α-hetero) is 1. The number of ether oxygens (including phenoxy) is 1. The van der Waals surface area contributed by atoms with Crippen LogP contribution in [0.4, 0.5) is 0 Å². The molecule has 0 aliphatic carbocycles. The van der Waals surface area contributed by atoms with Crippen molar-refractivity contribution in [2.24, 2.45) is 0 Å². The fourth-order valence-electron chi connectivity index (χ4n) is 1.24. The van der Waals surface area contributed by atoms with E-state index in [1.54, 1.807) is 14.0 Å². The maximum Gasteiger partial charge on any atom is 0.149 e. The molecule has 0 heterocycles. The first-order chi connectivity index (χ1) is 5.00. The van der Waals surface area contributed by atoms with Crippen LogP contribution < -0.4 is 0 Å². The van der Waals surface area contributed by atoms with E-state index in [9.17, 15) is 4.79 Å². The lowest BCUT2D eigenvalue weighted by molar-refractivity contribution is -0.125. The Morgan fingerprint density at radius 2 is 1.91 bits per heavy atom. The van der Waals surface area contributed by atoms with Crippen LogP contribution >= 0.6 is 0 Å². The Labute approximate surface area is 68.3 Å². The predicted octanol–water partition coefficient (Wildman–Crippen LogP) is 0.540. The molecular formula is C8H17NO2. The second kappa shape index (κ2) is 4.46. The van der Waals surface area contributed by atoms with E-state index in [-0.39, 0.29) is 17.9 Å². The number of methoxy groups -OCH3 is 1. The molecule has 0 saturated heterocycles. The van der Waals surface area contributed by atoms with E-state index in [2.05, 4.69) is 0 Å². The normalized spacial score (nSPS) is 16.5. The largest absolute Gasteiger partial charge is 0.380 e. The summed E-state index contributed by atoms with van der Waals surface area (Å²) < 4.78 is 5.07. The molecular weight excluding hydrogens is 142 g/mol. The fourth-order valence-corrected chi connectivity index (χ4v) is 1.24. The van der Waals surface area contributed by atoms with E-state index in [4.69, 9.17) is 4.74 Å². The number of hydrogen-bond acceptors (Lipinski definition) is 3. The van der Waals surface area contributed by atoms with Crippen molar-refractivity contribution in [3.63, 3.8) is 0 Å². The van der Waals surface area contributed by atoms with E-state index in [0.717, 1.165) is 0 Å². The molecule has 0 fully saturated rings. The van der Waals surface area contributed by atoms with Gasteiger partial charge in [-0.05, 0) is 27.9 Å². The minimum Gasteiger partial charge on any atom is -0.380 e. The van der Waals surface area contributed by atoms with Gasteiger partial charge in [0.1, 0.15) is 5.78 Å². The number of likely N-dealkylation sites (N-methyl/N-ethyl adjacent to an activating group) is 1. The Bertz CT molecular complexity index is 134. The molecule has 0 rings (SSSR count). The molecule has 0 aliphatic heterocycles. The first-order valence-corrected chi connectivity index (χ1v) is 3.70. The molecule has 0 N–H and O–H groups in total.